The van der Waals surface area contributed by atoms with Gasteiger partial charge < -0.3 is 15.5 Å². The number of hydrogen-bond acceptors (Lipinski definition) is 3. The summed E-state index contributed by atoms with van der Waals surface area (Å²) in [4.78, 5) is 9.88. The van der Waals surface area contributed by atoms with E-state index in [1.54, 1.807) is 0 Å². The standard InChI is InChI=1S/C18H39N5.HI/c1-5-8-9-10-11-20-18(19-6-2)21-16-17(4)23-14-12-22(7-3)13-15-23;/h17H,5-16H2,1-4H3,(H2,19,20,21);1H. The highest BCUT2D eigenvalue weighted by atomic mass is 127. The molecule has 1 atom stereocenters. The van der Waals surface area contributed by atoms with Gasteiger partial charge in [0.05, 0.1) is 6.54 Å². The van der Waals surface area contributed by atoms with E-state index in [2.05, 4.69) is 48.1 Å². The highest BCUT2D eigenvalue weighted by Gasteiger charge is 2.19. The summed E-state index contributed by atoms with van der Waals surface area (Å²) in [6.07, 6.45) is 5.15. The van der Waals surface area contributed by atoms with Crippen LogP contribution in [0.15, 0.2) is 4.99 Å². The van der Waals surface area contributed by atoms with Gasteiger partial charge in [0.15, 0.2) is 5.96 Å². The maximum absolute atomic E-state index is 4.78. The zero-order chi connectivity index (χ0) is 16.9. The Morgan fingerprint density at radius 1 is 1.00 bits per heavy atom. The lowest BCUT2D eigenvalue weighted by molar-refractivity contribution is 0.109. The lowest BCUT2D eigenvalue weighted by Gasteiger charge is -2.37. The van der Waals surface area contributed by atoms with Crippen LogP contribution in [0, 0.1) is 0 Å². The van der Waals surface area contributed by atoms with E-state index in [-0.39, 0.29) is 24.0 Å². The van der Waals surface area contributed by atoms with Crippen molar-refractivity contribution >= 4 is 29.9 Å². The van der Waals surface area contributed by atoms with Gasteiger partial charge >= 0.3 is 0 Å². The molecule has 2 N–H and O–H groups in total. The molecule has 0 aromatic heterocycles. The van der Waals surface area contributed by atoms with E-state index in [4.69, 9.17) is 4.99 Å². The van der Waals surface area contributed by atoms with E-state index in [0.717, 1.165) is 25.6 Å². The molecule has 0 spiro atoms. The summed E-state index contributed by atoms with van der Waals surface area (Å²) >= 11 is 0. The molecule has 5 nitrogen and oxygen atoms in total. The van der Waals surface area contributed by atoms with Crippen molar-refractivity contribution in [1.82, 2.24) is 20.4 Å². The monoisotopic (exact) mass is 453 g/mol. The second-order valence-electron chi connectivity index (χ2n) is 6.53. The molecule has 0 aliphatic carbocycles. The van der Waals surface area contributed by atoms with Crippen molar-refractivity contribution in [1.29, 1.82) is 0 Å². The van der Waals surface area contributed by atoms with Crippen LogP contribution in [0.2, 0.25) is 0 Å². The zero-order valence-corrected chi connectivity index (χ0v) is 18.6. The van der Waals surface area contributed by atoms with Crippen molar-refractivity contribution in [3.8, 4) is 0 Å². The van der Waals surface area contributed by atoms with E-state index >= 15 is 0 Å². The molecule has 0 amide bonds. The van der Waals surface area contributed by atoms with Gasteiger partial charge in [-0.1, -0.05) is 33.1 Å². The van der Waals surface area contributed by atoms with Crippen molar-refractivity contribution in [2.45, 2.75) is 59.4 Å². The van der Waals surface area contributed by atoms with Gasteiger partial charge in [0.25, 0.3) is 0 Å². The fourth-order valence-corrected chi connectivity index (χ4v) is 2.96. The first kappa shape index (κ1) is 23.9. The number of nitrogens with zero attached hydrogens (tertiary/aromatic N) is 3. The SMILES string of the molecule is CCCCCCNC(=NCC(C)N1CCN(CC)CC1)NCC.I. The van der Waals surface area contributed by atoms with Crippen LogP contribution in [0.3, 0.4) is 0 Å². The maximum atomic E-state index is 4.78. The third kappa shape index (κ3) is 10.0. The average molecular weight is 453 g/mol. The van der Waals surface area contributed by atoms with Gasteiger partial charge in [-0.2, -0.15) is 0 Å². The number of guanidine groups is 1. The first-order valence-corrected chi connectivity index (χ1v) is 9.69. The quantitative estimate of drug-likeness (QED) is 0.231. The summed E-state index contributed by atoms with van der Waals surface area (Å²) in [6.45, 7) is 17.6. The Morgan fingerprint density at radius 2 is 1.71 bits per heavy atom. The molecule has 1 fully saturated rings. The van der Waals surface area contributed by atoms with E-state index in [1.807, 2.05) is 0 Å². The zero-order valence-electron chi connectivity index (χ0n) is 16.3. The molecule has 0 saturated carbocycles. The molecular formula is C18H40IN5. The lowest BCUT2D eigenvalue weighted by atomic mass is 10.2. The minimum atomic E-state index is 0. The van der Waals surface area contributed by atoms with Crippen LogP contribution < -0.4 is 10.6 Å². The van der Waals surface area contributed by atoms with Crippen LogP contribution in [0.1, 0.15) is 53.4 Å². The Hall–Kier alpha value is -0.0800. The van der Waals surface area contributed by atoms with Crippen molar-refractivity contribution in [3.05, 3.63) is 0 Å². The molecule has 0 aromatic rings. The Balaban J connectivity index is 0.00000529. The van der Waals surface area contributed by atoms with E-state index in [9.17, 15) is 0 Å². The summed E-state index contributed by atoms with van der Waals surface area (Å²) in [5.41, 5.74) is 0. The van der Waals surface area contributed by atoms with Crippen LogP contribution in [-0.4, -0.2) is 74.2 Å². The minimum absolute atomic E-state index is 0. The molecule has 6 heteroatoms. The molecule has 1 unspecified atom stereocenters. The van der Waals surface area contributed by atoms with Crippen molar-refractivity contribution in [2.75, 3.05) is 52.4 Å². The maximum Gasteiger partial charge on any atom is 0.191 e. The molecular weight excluding hydrogens is 413 g/mol. The number of hydrogen-bond donors (Lipinski definition) is 2. The second-order valence-corrected chi connectivity index (χ2v) is 6.53. The molecule has 0 bridgehead atoms. The van der Waals surface area contributed by atoms with Gasteiger partial charge in [-0.25, -0.2) is 0 Å². The van der Waals surface area contributed by atoms with Crippen molar-refractivity contribution in [2.24, 2.45) is 4.99 Å². The number of piperazine rings is 1. The van der Waals surface area contributed by atoms with Crippen LogP contribution in [0.5, 0.6) is 0 Å². The molecule has 0 aromatic carbocycles. The van der Waals surface area contributed by atoms with Gasteiger partial charge in [-0.15, -0.1) is 24.0 Å². The molecule has 144 valence electrons. The summed E-state index contributed by atoms with van der Waals surface area (Å²) in [7, 11) is 0. The van der Waals surface area contributed by atoms with Crippen LogP contribution in [0.4, 0.5) is 0 Å². The van der Waals surface area contributed by atoms with Gasteiger partial charge in [-0.3, -0.25) is 9.89 Å². The van der Waals surface area contributed by atoms with Crippen molar-refractivity contribution < 1.29 is 0 Å². The number of likely N-dealkylation sites (N-methyl/N-ethyl adjacent to an activating group) is 1. The van der Waals surface area contributed by atoms with Crippen LogP contribution in [-0.2, 0) is 0 Å². The van der Waals surface area contributed by atoms with Gasteiger partial charge in [0, 0.05) is 45.3 Å². The number of rotatable bonds is 10. The molecule has 1 aliphatic rings. The molecule has 24 heavy (non-hydrogen) atoms. The number of halogens is 1. The highest BCUT2D eigenvalue weighted by molar-refractivity contribution is 14.0. The smallest absolute Gasteiger partial charge is 0.191 e. The summed E-state index contributed by atoms with van der Waals surface area (Å²) in [5, 5.41) is 6.83. The Morgan fingerprint density at radius 3 is 2.29 bits per heavy atom. The first-order chi connectivity index (χ1) is 11.2. The Bertz CT molecular complexity index is 317. The summed E-state index contributed by atoms with van der Waals surface area (Å²) in [5.74, 6) is 0.975. The predicted octanol–water partition coefficient (Wildman–Crippen LogP) is 2.77. The topological polar surface area (TPSA) is 42.9 Å². The predicted molar refractivity (Wildman–Crippen MR) is 117 cm³/mol. The van der Waals surface area contributed by atoms with Gasteiger partial charge in [-0.05, 0) is 26.8 Å². The van der Waals surface area contributed by atoms with Crippen LogP contribution in [0.25, 0.3) is 0 Å². The lowest BCUT2D eigenvalue weighted by Crippen LogP contribution is -2.50. The fourth-order valence-electron chi connectivity index (χ4n) is 2.96. The first-order valence-electron chi connectivity index (χ1n) is 9.69. The number of aliphatic imine (C=N–C) groups is 1. The molecule has 1 aliphatic heterocycles. The number of unbranched alkanes of at least 4 members (excludes halogenated alkanes) is 3. The highest BCUT2D eigenvalue weighted by Crippen LogP contribution is 2.06. The van der Waals surface area contributed by atoms with E-state index in [0.29, 0.717) is 6.04 Å². The third-order valence-corrected chi connectivity index (χ3v) is 4.66. The average Bonchev–Trinajstić information content (AvgIpc) is 2.59. The second kappa shape index (κ2) is 15.2. The van der Waals surface area contributed by atoms with Crippen LogP contribution >= 0.6 is 24.0 Å². The molecule has 1 heterocycles. The third-order valence-electron chi connectivity index (χ3n) is 4.66. The van der Waals surface area contributed by atoms with Crippen molar-refractivity contribution in [3.63, 3.8) is 0 Å². The fraction of sp³-hybridized carbons (Fsp3) is 0.944. The summed E-state index contributed by atoms with van der Waals surface area (Å²) < 4.78 is 0. The molecule has 0 radical (unpaired) electrons. The Labute approximate surface area is 167 Å². The minimum Gasteiger partial charge on any atom is -0.357 e. The van der Waals surface area contributed by atoms with Gasteiger partial charge in [0.1, 0.15) is 0 Å². The normalized spacial score (nSPS) is 18.1. The van der Waals surface area contributed by atoms with E-state index < -0.39 is 0 Å². The molecule has 1 rings (SSSR count). The Kier molecular flexibility index (Phi) is 15.1. The van der Waals surface area contributed by atoms with E-state index in [1.165, 1.54) is 58.4 Å². The number of nitrogens with one attached hydrogen (secondary N) is 2. The molecule has 1 saturated heterocycles. The summed E-state index contributed by atoms with van der Waals surface area (Å²) in [6, 6.07) is 0.518. The largest absolute Gasteiger partial charge is 0.357 e. The van der Waals surface area contributed by atoms with Gasteiger partial charge in [0.2, 0.25) is 0 Å².